The molecule has 0 aromatic rings. The van der Waals surface area contributed by atoms with E-state index in [1.54, 1.807) is 0 Å². The van der Waals surface area contributed by atoms with Gasteiger partial charge in [-0.3, -0.25) is 0 Å². The first-order chi connectivity index (χ1) is 5.56. The quantitative estimate of drug-likeness (QED) is 0.472. The minimum absolute atomic E-state index is 0.570. The van der Waals surface area contributed by atoms with Gasteiger partial charge in [0.15, 0.2) is 0 Å². The van der Waals surface area contributed by atoms with Crippen LogP contribution in [0.2, 0.25) is 10.1 Å². The topological polar surface area (TPSA) is 0 Å². The molecule has 0 N–H and O–H groups in total. The van der Waals surface area contributed by atoms with E-state index in [0.29, 0.717) is 38.2 Å². The van der Waals surface area contributed by atoms with Crippen LogP contribution in [0.3, 0.4) is 0 Å². The van der Waals surface area contributed by atoms with Gasteiger partial charge < -0.3 is 0 Å². The zero-order valence-corrected chi connectivity index (χ0v) is 13.4. The summed E-state index contributed by atoms with van der Waals surface area (Å²) in [5.41, 5.74) is 0. The molecule has 0 saturated heterocycles. The van der Waals surface area contributed by atoms with Crippen molar-refractivity contribution in [3.05, 3.63) is 0 Å². The summed E-state index contributed by atoms with van der Waals surface area (Å²) < 4.78 is 1.16. The zero-order chi connectivity index (χ0) is 9.56. The second-order valence-corrected chi connectivity index (χ2v) is 12.3. The van der Waals surface area contributed by atoms with E-state index in [9.17, 15) is 0 Å². The summed E-state index contributed by atoms with van der Waals surface area (Å²) in [4.78, 5) is 0.808. The van der Waals surface area contributed by atoms with Crippen LogP contribution in [-0.4, -0.2) is 44.0 Å². The molecule has 0 aromatic heterocycles. The number of hydrogen-bond donors (Lipinski definition) is 3. The van der Waals surface area contributed by atoms with Gasteiger partial charge in [0.05, 0.1) is 0 Å². The van der Waals surface area contributed by atoms with Gasteiger partial charge in [-0.2, -0.15) is 0 Å². The normalized spacial score (nSPS) is 18.8. The molecule has 12 heavy (non-hydrogen) atoms. The summed E-state index contributed by atoms with van der Waals surface area (Å²) in [6, 6.07) is 0. The minimum atomic E-state index is 0.570. The Labute approximate surface area is 105 Å². The van der Waals surface area contributed by atoms with Crippen LogP contribution in [0.1, 0.15) is 13.8 Å². The van der Waals surface area contributed by atoms with Gasteiger partial charge in [-0.05, 0) is 0 Å². The van der Waals surface area contributed by atoms with E-state index in [1.165, 1.54) is 5.32 Å². The summed E-state index contributed by atoms with van der Waals surface area (Å²) >= 11 is 14.5. The SMILES string of the molecule is CC(S)[Se]CC(CS)[Se]C(C)S. The van der Waals surface area contributed by atoms with Gasteiger partial charge in [0.1, 0.15) is 0 Å². The third-order valence-electron chi connectivity index (χ3n) is 1.12. The van der Waals surface area contributed by atoms with Crippen LogP contribution < -0.4 is 0 Å². The second kappa shape index (κ2) is 8.40. The van der Waals surface area contributed by atoms with Gasteiger partial charge >= 0.3 is 106 Å². The molecule has 3 unspecified atom stereocenters. The van der Waals surface area contributed by atoms with E-state index in [0.717, 1.165) is 10.6 Å². The monoisotopic (exact) mass is 356 g/mol. The molecule has 0 rings (SSSR count). The Balaban J connectivity index is 3.53. The molecule has 0 radical (unpaired) electrons. The fourth-order valence-electron chi connectivity index (χ4n) is 0.660. The van der Waals surface area contributed by atoms with Gasteiger partial charge in [-0.1, -0.05) is 0 Å². The average molecular weight is 354 g/mol. The van der Waals surface area contributed by atoms with Crippen molar-refractivity contribution in [3.8, 4) is 0 Å². The van der Waals surface area contributed by atoms with Crippen LogP contribution in [-0.2, 0) is 0 Å². The average Bonchev–Trinajstić information content (AvgIpc) is 1.97. The number of rotatable bonds is 6. The molecule has 0 aliphatic heterocycles. The fraction of sp³-hybridized carbons (Fsp3) is 1.00. The molecular formula is C7H16S3Se2. The van der Waals surface area contributed by atoms with Gasteiger partial charge in [0.25, 0.3) is 0 Å². The van der Waals surface area contributed by atoms with E-state index < -0.39 is 0 Å². The Kier molecular flexibility index (Phi) is 9.86. The summed E-state index contributed by atoms with van der Waals surface area (Å²) in [5.74, 6) is 1.02. The summed E-state index contributed by atoms with van der Waals surface area (Å²) in [6.07, 6.45) is 0. The van der Waals surface area contributed by atoms with Crippen LogP contribution in [0.25, 0.3) is 0 Å². The van der Waals surface area contributed by atoms with Crippen molar-refractivity contribution in [1.82, 2.24) is 0 Å². The van der Waals surface area contributed by atoms with Gasteiger partial charge in [0.2, 0.25) is 0 Å². The summed E-state index contributed by atoms with van der Waals surface area (Å²) in [6.45, 7) is 4.35. The first-order valence-electron chi connectivity index (χ1n) is 3.80. The molecule has 0 fully saturated rings. The van der Waals surface area contributed by atoms with Crippen molar-refractivity contribution in [2.45, 2.75) is 32.3 Å². The Hall–Kier alpha value is 2.09. The van der Waals surface area contributed by atoms with Crippen LogP contribution in [0.15, 0.2) is 0 Å². The standard InChI is InChI=1S/C7H16S3Se2/c1-5(9)11-4-7(3-8)12-6(2)10/h5-10H,3-4H2,1-2H3. The van der Waals surface area contributed by atoms with Crippen molar-refractivity contribution in [1.29, 1.82) is 0 Å². The van der Waals surface area contributed by atoms with Gasteiger partial charge in [-0.15, -0.1) is 0 Å². The molecule has 3 atom stereocenters. The number of thiol groups is 3. The van der Waals surface area contributed by atoms with E-state index >= 15 is 0 Å². The Bertz CT molecular complexity index is 109. The molecular weight excluding hydrogens is 338 g/mol. The molecule has 0 aliphatic rings. The van der Waals surface area contributed by atoms with Crippen molar-refractivity contribution >= 4 is 67.8 Å². The Morgan fingerprint density at radius 3 is 2.08 bits per heavy atom. The second-order valence-electron chi connectivity index (χ2n) is 2.47. The first-order valence-corrected chi connectivity index (χ1v) is 9.64. The van der Waals surface area contributed by atoms with Crippen LogP contribution in [0.5, 0.6) is 0 Å². The van der Waals surface area contributed by atoms with Crippen molar-refractivity contribution in [3.63, 3.8) is 0 Å². The molecule has 0 heterocycles. The molecule has 0 aromatic carbocycles. The molecule has 0 aliphatic carbocycles. The maximum absolute atomic E-state index is 4.42. The predicted molar refractivity (Wildman–Crippen MR) is 70.8 cm³/mol. The Morgan fingerprint density at radius 1 is 1.17 bits per heavy atom. The van der Waals surface area contributed by atoms with E-state index in [2.05, 4.69) is 51.7 Å². The predicted octanol–water partition coefficient (Wildman–Crippen LogP) is 2.08. The van der Waals surface area contributed by atoms with Crippen LogP contribution in [0, 0.1) is 0 Å². The molecule has 0 spiro atoms. The molecule has 74 valence electrons. The summed E-state index contributed by atoms with van der Waals surface area (Å²) in [7, 11) is 0. The van der Waals surface area contributed by atoms with E-state index in [-0.39, 0.29) is 0 Å². The van der Waals surface area contributed by atoms with E-state index in [1.807, 2.05) is 0 Å². The van der Waals surface area contributed by atoms with Crippen LogP contribution >= 0.6 is 37.9 Å². The van der Waals surface area contributed by atoms with Crippen molar-refractivity contribution < 1.29 is 0 Å². The molecule has 0 nitrogen and oxygen atoms in total. The first kappa shape index (κ1) is 14.1. The van der Waals surface area contributed by atoms with Crippen molar-refractivity contribution in [2.24, 2.45) is 0 Å². The van der Waals surface area contributed by atoms with Gasteiger partial charge in [-0.25, -0.2) is 0 Å². The molecule has 0 bridgehead atoms. The maximum atomic E-state index is 4.42. The molecule has 0 saturated carbocycles. The summed E-state index contributed by atoms with van der Waals surface area (Å²) in [5, 5.41) is 1.33. The zero-order valence-electron chi connectivity index (χ0n) is 7.30. The number of hydrogen-bond acceptors (Lipinski definition) is 3. The van der Waals surface area contributed by atoms with Crippen molar-refractivity contribution in [2.75, 3.05) is 5.75 Å². The fourth-order valence-corrected chi connectivity index (χ4v) is 7.48. The van der Waals surface area contributed by atoms with Crippen LogP contribution in [0.4, 0.5) is 0 Å². The molecule has 5 heteroatoms. The molecule has 0 amide bonds. The van der Waals surface area contributed by atoms with E-state index in [4.69, 9.17) is 0 Å². The Morgan fingerprint density at radius 2 is 1.75 bits per heavy atom. The third kappa shape index (κ3) is 8.68. The third-order valence-corrected chi connectivity index (χ3v) is 9.18. The van der Waals surface area contributed by atoms with Gasteiger partial charge in [0, 0.05) is 0 Å².